The van der Waals surface area contributed by atoms with Gasteiger partial charge in [0, 0.05) is 50.3 Å². The summed E-state index contributed by atoms with van der Waals surface area (Å²) in [6, 6.07) is 14.1. The number of anilines is 2. The van der Waals surface area contributed by atoms with E-state index in [4.69, 9.17) is 4.74 Å². The van der Waals surface area contributed by atoms with Gasteiger partial charge in [0.15, 0.2) is 0 Å². The van der Waals surface area contributed by atoms with Crippen LogP contribution in [0.25, 0.3) is 5.69 Å². The maximum atomic E-state index is 12.5. The number of ether oxygens (including phenoxy) is 1. The number of carbonyl (C=O) groups excluding carboxylic acids is 1. The molecule has 0 spiro atoms. The van der Waals surface area contributed by atoms with E-state index in [1.807, 2.05) is 62.6 Å². The predicted molar refractivity (Wildman–Crippen MR) is 123 cm³/mol. The van der Waals surface area contributed by atoms with Gasteiger partial charge in [-0.3, -0.25) is 14.3 Å². The highest BCUT2D eigenvalue weighted by molar-refractivity contribution is 5.92. The molecule has 0 bridgehead atoms. The summed E-state index contributed by atoms with van der Waals surface area (Å²) >= 11 is 0. The molecule has 7 nitrogen and oxygen atoms in total. The Morgan fingerprint density at radius 1 is 1.06 bits per heavy atom. The Labute approximate surface area is 183 Å². The van der Waals surface area contributed by atoms with Crippen LogP contribution < -0.4 is 15.0 Å². The first kappa shape index (κ1) is 20.9. The normalized spacial score (nSPS) is 14.5. The molecule has 0 unspecified atom stereocenters. The highest BCUT2D eigenvalue weighted by atomic mass is 16.5. The van der Waals surface area contributed by atoms with E-state index in [0.717, 1.165) is 60.4 Å². The molecule has 1 N–H and O–H groups in total. The van der Waals surface area contributed by atoms with E-state index in [-0.39, 0.29) is 5.91 Å². The number of rotatable bonds is 6. The van der Waals surface area contributed by atoms with E-state index in [2.05, 4.69) is 30.7 Å². The minimum absolute atomic E-state index is 0.0244. The first-order valence-corrected chi connectivity index (χ1v) is 10.5. The molecular weight excluding hydrogens is 390 g/mol. The van der Waals surface area contributed by atoms with E-state index < -0.39 is 0 Å². The molecule has 0 atom stereocenters. The summed E-state index contributed by atoms with van der Waals surface area (Å²) in [4.78, 5) is 21.5. The Hall–Kier alpha value is -3.32. The monoisotopic (exact) mass is 419 g/mol. The lowest BCUT2D eigenvalue weighted by Gasteiger charge is -2.35. The Kier molecular flexibility index (Phi) is 6.23. The predicted octanol–water partition coefficient (Wildman–Crippen LogP) is 3.26. The average molecular weight is 420 g/mol. The number of aryl methyl sites for hydroxylation is 2. The van der Waals surface area contributed by atoms with E-state index in [1.165, 1.54) is 0 Å². The number of benzene rings is 2. The summed E-state index contributed by atoms with van der Waals surface area (Å²) in [5.41, 5.74) is 4.18. The fourth-order valence-electron chi connectivity index (χ4n) is 4.05. The number of nitrogens with zero attached hydrogens (tertiary/aromatic N) is 4. The maximum absolute atomic E-state index is 12.5. The third-order valence-corrected chi connectivity index (χ3v) is 5.48. The van der Waals surface area contributed by atoms with Crippen molar-refractivity contribution in [3.63, 3.8) is 0 Å². The van der Waals surface area contributed by atoms with Crippen LogP contribution in [0.15, 0.2) is 54.9 Å². The molecule has 1 aliphatic rings. The number of methoxy groups -OCH3 is 1. The van der Waals surface area contributed by atoms with Crippen LogP contribution in [0, 0.1) is 13.8 Å². The van der Waals surface area contributed by atoms with Gasteiger partial charge < -0.3 is 15.0 Å². The van der Waals surface area contributed by atoms with Gasteiger partial charge >= 0.3 is 0 Å². The summed E-state index contributed by atoms with van der Waals surface area (Å²) in [6.07, 6.45) is 3.78. The molecule has 0 saturated carbocycles. The third-order valence-electron chi connectivity index (χ3n) is 5.48. The van der Waals surface area contributed by atoms with Crippen molar-refractivity contribution < 1.29 is 9.53 Å². The quantitative estimate of drug-likeness (QED) is 0.665. The van der Waals surface area contributed by atoms with Crippen LogP contribution in [0.5, 0.6) is 5.75 Å². The van der Waals surface area contributed by atoms with E-state index in [1.54, 1.807) is 7.11 Å². The van der Waals surface area contributed by atoms with Crippen molar-refractivity contribution in [3.05, 3.63) is 66.0 Å². The number of hydrogen-bond acceptors (Lipinski definition) is 5. The molecule has 162 valence electrons. The fraction of sp³-hybridized carbons (Fsp3) is 0.333. The van der Waals surface area contributed by atoms with Gasteiger partial charge in [0.2, 0.25) is 11.9 Å². The Morgan fingerprint density at radius 2 is 1.81 bits per heavy atom. The van der Waals surface area contributed by atoms with Crippen molar-refractivity contribution in [2.75, 3.05) is 50.1 Å². The first-order valence-electron chi connectivity index (χ1n) is 10.5. The lowest BCUT2D eigenvalue weighted by atomic mass is 10.1. The molecule has 2 heterocycles. The number of imidazole rings is 1. The molecule has 1 amide bonds. The van der Waals surface area contributed by atoms with Crippen LogP contribution in [-0.2, 0) is 4.79 Å². The van der Waals surface area contributed by atoms with Gasteiger partial charge in [0.1, 0.15) is 5.75 Å². The maximum Gasteiger partial charge on any atom is 0.238 e. The fourth-order valence-corrected chi connectivity index (χ4v) is 4.05. The van der Waals surface area contributed by atoms with Crippen LogP contribution >= 0.6 is 0 Å². The first-order chi connectivity index (χ1) is 15.0. The smallest absolute Gasteiger partial charge is 0.238 e. The van der Waals surface area contributed by atoms with Crippen molar-refractivity contribution in [2.45, 2.75) is 13.8 Å². The van der Waals surface area contributed by atoms with Crippen molar-refractivity contribution in [1.29, 1.82) is 0 Å². The van der Waals surface area contributed by atoms with Crippen LogP contribution in [0.4, 0.5) is 11.6 Å². The van der Waals surface area contributed by atoms with Gasteiger partial charge in [0.05, 0.1) is 19.3 Å². The standard InChI is InChI=1S/C24H29N5O2/c1-18-13-19(2)15-20(14-18)26-23(30)17-27-9-11-28(12-10-27)24-25-7-8-29(24)21-5-4-6-22(16-21)31-3/h4-8,13-16H,9-12,17H2,1-3H3,(H,26,30). The molecule has 0 aliphatic carbocycles. The largest absolute Gasteiger partial charge is 0.497 e. The molecule has 4 rings (SSSR count). The topological polar surface area (TPSA) is 62.6 Å². The second kappa shape index (κ2) is 9.22. The third kappa shape index (κ3) is 5.06. The number of amides is 1. The number of hydrogen-bond donors (Lipinski definition) is 1. The second-order valence-corrected chi connectivity index (χ2v) is 7.99. The van der Waals surface area contributed by atoms with Gasteiger partial charge in [-0.1, -0.05) is 12.1 Å². The molecule has 1 aromatic heterocycles. The molecule has 0 radical (unpaired) electrons. The lowest BCUT2D eigenvalue weighted by molar-refractivity contribution is -0.117. The molecule has 31 heavy (non-hydrogen) atoms. The number of nitrogens with one attached hydrogen (secondary N) is 1. The minimum atomic E-state index is 0.0244. The van der Waals surface area contributed by atoms with Gasteiger partial charge in [-0.25, -0.2) is 4.98 Å². The summed E-state index contributed by atoms with van der Waals surface area (Å²) < 4.78 is 7.43. The molecule has 1 aliphatic heterocycles. The average Bonchev–Trinajstić information content (AvgIpc) is 3.23. The molecule has 1 saturated heterocycles. The highest BCUT2D eigenvalue weighted by Crippen LogP contribution is 2.23. The van der Waals surface area contributed by atoms with Crippen LogP contribution in [0.3, 0.4) is 0 Å². The zero-order chi connectivity index (χ0) is 21.8. The summed E-state index contributed by atoms with van der Waals surface area (Å²) in [6.45, 7) is 7.73. The van der Waals surface area contributed by atoms with Gasteiger partial charge in [0.25, 0.3) is 0 Å². The van der Waals surface area contributed by atoms with Gasteiger partial charge in [-0.2, -0.15) is 0 Å². The number of aromatic nitrogens is 2. The lowest BCUT2D eigenvalue weighted by Crippen LogP contribution is -2.49. The van der Waals surface area contributed by atoms with Gasteiger partial charge in [-0.15, -0.1) is 0 Å². The molecule has 3 aromatic rings. The Balaban J connectivity index is 1.35. The van der Waals surface area contributed by atoms with E-state index in [9.17, 15) is 4.79 Å². The zero-order valence-electron chi connectivity index (χ0n) is 18.3. The van der Waals surface area contributed by atoms with E-state index in [0.29, 0.717) is 6.54 Å². The molecule has 7 heteroatoms. The highest BCUT2D eigenvalue weighted by Gasteiger charge is 2.22. The molecule has 1 fully saturated rings. The van der Waals surface area contributed by atoms with Gasteiger partial charge in [-0.05, 0) is 49.2 Å². The molecule has 2 aromatic carbocycles. The van der Waals surface area contributed by atoms with Crippen LogP contribution in [0.1, 0.15) is 11.1 Å². The number of piperazine rings is 1. The van der Waals surface area contributed by atoms with Crippen molar-refractivity contribution >= 4 is 17.5 Å². The molecular formula is C24H29N5O2. The van der Waals surface area contributed by atoms with Crippen molar-refractivity contribution in [3.8, 4) is 11.4 Å². The summed E-state index contributed by atoms with van der Waals surface area (Å²) in [7, 11) is 1.67. The van der Waals surface area contributed by atoms with Crippen LogP contribution in [0.2, 0.25) is 0 Å². The zero-order valence-corrected chi connectivity index (χ0v) is 18.3. The summed E-state index contributed by atoms with van der Waals surface area (Å²) in [5, 5.41) is 3.03. The van der Waals surface area contributed by atoms with Crippen molar-refractivity contribution in [2.24, 2.45) is 0 Å². The second-order valence-electron chi connectivity index (χ2n) is 7.99. The SMILES string of the molecule is COc1cccc(-n2ccnc2N2CCN(CC(=O)Nc3cc(C)cc(C)c3)CC2)c1. The summed E-state index contributed by atoms with van der Waals surface area (Å²) in [5.74, 6) is 1.75. The Bertz CT molecular complexity index is 1030. The van der Waals surface area contributed by atoms with Crippen LogP contribution in [-0.4, -0.2) is 60.2 Å². The van der Waals surface area contributed by atoms with Crippen molar-refractivity contribution in [1.82, 2.24) is 14.5 Å². The minimum Gasteiger partial charge on any atom is -0.497 e. The Morgan fingerprint density at radius 3 is 2.52 bits per heavy atom. The number of carbonyl (C=O) groups is 1. The van der Waals surface area contributed by atoms with E-state index >= 15 is 0 Å².